The normalized spacial score (nSPS) is 10.7. The van der Waals surface area contributed by atoms with E-state index >= 15 is 0 Å². The van der Waals surface area contributed by atoms with Crippen LogP contribution in [0.2, 0.25) is 0 Å². The molecule has 6 nitrogen and oxygen atoms in total. The number of thioether (sulfide) groups is 1. The number of aliphatic hydroxyl groups is 1. The van der Waals surface area contributed by atoms with Gasteiger partial charge in [0, 0.05) is 18.9 Å². The van der Waals surface area contributed by atoms with Gasteiger partial charge in [-0.1, -0.05) is 0 Å². The lowest BCUT2D eigenvalue weighted by atomic mass is 10.4. The number of nitrogen functional groups attached to an aromatic ring is 1. The van der Waals surface area contributed by atoms with Gasteiger partial charge in [0.2, 0.25) is 5.88 Å². The summed E-state index contributed by atoms with van der Waals surface area (Å²) in [5, 5.41) is 11.8. The fourth-order valence-electron chi connectivity index (χ4n) is 1.35. The van der Waals surface area contributed by atoms with Crippen LogP contribution in [0.15, 0.2) is 6.33 Å². The van der Waals surface area contributed by atoms with Crippen LogP contribution in [-0.2, 0) is 0 Å². The molecule has 0 bridgehead atoms. The Morgan fingerprint density at radius 3 is 2.89 bits per heavy atom. The molecule has 1 aromatic heterocycles. The zero-order chi connectivity index (χ0) is 14.1. The van der Waals surface area contributed by atoms with Gasteiger partial charge in [-0.05, 0) is 26.0 Å². The molecule has 0 spiro atoms. The fourth-order valence-corrected chi connectivity index (χ4v) is 2.13. The van der Waals surface area contributed by atoms with Gasteiger partial charge in [-0.25, -0.2) is 4.98 Å². The summed E-state index contributed by atoms with van der Waals surface area (Å²) in [4.78, 5) is 8.12. The maximum atomic E-state index is 8.66. The number of ether oxygens (including phenoxy) is 1. The van der Waals surface area contributed by atoms with Crippen molar-refractivity contribution in [3.8, 4) is 5.88 Å². The second-order valence-corrected chi connectivity index (χ2v) is 5.45. The van der Waals surface area contributed by atoms with E-state index in [1.165, 1.54) is 6.33 Å². The molecule has 0 radical (unpaired) electrons. The van der Waals surface area contributed by atoms with Gasteiger partial charge in [0.15, 0.2) is 5.82 Å². The number of hydrogen-bond donors (Lipinski definition) is 3. The Hall–Kier alpha value is -1.21. The van der Waals surface area contributed by atoms with Crippen molar-refractivity contribution in [3.05, 3.63) is 6.33 Å². The van der Waals surface area contributed by atoms with Crippen molar-refractivity contribution in [2.24, 2.45) is 0 Å². The molecule has 0 aliphatic carbocycles. The van der Waals surface area contributed by atoms with Gasteiger partial charge >= 0.3 is 0 Å². The van der Waals surface area contributed by atoms with Gasteiger partial charge in [-0.15, -0.1) is 0 Å². The van der Waals surface area contributed by atoms with E-state index in [2.05, 4.69) is 15.3 Å². The largest absolute Gasteiger partial charge is 0.473 e. The molecule has 0 amide bonds. The number of aliphatic hydroxyl groups excluding tert-OH is 1. The van der Waals surface area contributed by atoms with Crippen molar-refractivity contribution in [1.29, 1.82) is 0 Å². The Labute approximate surface area is 118 Å². The van der Waals surface area contributed by atoms with E-state index in [0.717, 1.165) is 24.5 Å². The first-order valence-corrected chi connectivity index (χ1v) is 7.50. The van der Waals surface area contributed by atoms with Gasteiger partial charge in [0.05, 0.1) is 6.10 Å². The van der Waals surface area contributed by atoms with Gasteiger partial charge in [0.25, 0.3) is 0 Å². The predicted molar refractivity (Wildman–Crippen MR) is 79.7 cm³/mol. The van der Waals surface area contributed by atoms with Crippen LogP contribution in [0.25, 0.3) is 0 Å². The highest BCUT2D eigenvalue weighted by molar-refractivity contribution is 7.99. The lowest BCUT2D eigenvalue weighted by Crippen LogP contribution is -2.13. The minimum Gasteiger partial charge on any atom is -0.473 e. The van der Waals surface area contributed by atoms with Gasteiger partial charge in [-0.3, -0.25) is 0 Å². The van der Waals surface area contributed by atoms with E-state index in [1.54, 1.807) is 11.8 Å². The molecule has 0 saturated carbocycles. The molecule has 0 aliphatic rings. The highest BCUT2D eigenvalue weighted by atomic mass is 32.2. The van der Waals surface area contributed by atoms with Gasteiger partial charge in [0.1, 0.15) is 12.0 Å². The summed E-state index contributed by atoms with van der Waals surface area (Å²) in [7, 11) is 0. The van der Waals surface area contributed by atoms with Crippen LogP contribution in [0.3, 0.4) is 0 Å². The van der Waals surface area contributed by atoms with Gasteiger partial charge < -0.3 is 20.9 Å². The topological polar surface area (TPSA) is 93.3 Å². The lowest BCUT2D eigenvalue weighted by Gasteiger charge is -2.13. The third-order valence-corrected chi connectivity index (χ3v) is 3.25. The molecule has 1 heterocycles. The molecule has 1 rings (SSSR count). The fraction of sp³-hybridized carbons (Fsp3) is 0.667. The summed E-state index contributed by atoms with van der Waals surface area (Å²) in [5.74, 6) is 2.91. The molecule has 7 heteroatoms. The van der Waals surface area contributed by atoms with Crippen LogP contribution in [0.5, 0.6) is 5.88 Å². The molecular formula is C12H22N4O2S. The highest BCUT2D eigenvalue weighted by Gasteiger charge is 2.09. The first-order valence-electron chi connectivity index (χ1n) is 6.34. The zero-order valence-corrected chi connectivity index (χ0v) is 12.2. The molecule has 108 valence electrons. The summed E-state index contributed by atoms with van der Waals surface area (Å²) in [6, 6.07) is 0. The van der Waals surface area contributed by atoms with Crippen LogP contribution in [-0.4, -0.2) is 45.8 Å². The molecule has 4 N–H and O–H groups in total. The molecule has 1 aromatic rings. The van der Waals surface area contributed by atoms with Crippen LogP contribution < -0.4 is 15.8 Å². The minimum atomic E-state index is 0.0269. The van der Waals surface area contributed by atoms with E-state index in [4.69, 9.17) is 15.6 Å². The molecule has 0 fully saturated rings. The monoisotopic (exact) mass is 286 g/mol. The SMILES string of the molecule is CC(C)Oc1ncnc(NCCSCCCO)c1N. The Morgan fingerprint density at radius 1 is 1.42 bits per heavy atom. The number of anilines is 2. The van der Waals surface area contributed by atoms with E-state index in [0.29, 0.717) is 17.4 Å². The Morgan fingerprint density at radius 2 is 2.21 bits per heavy atom. The Kier molecular flexibility index (Phi) is 7.35. The summed E-state index contributed by atoms with van der Waals surface area (Å²) in [6.07, 6.45) is 2.29. The molecule has 0 aromatic carbocycles. The van der Waals surface area contributed by atoms with Crippen LogP contribution in [0.4, 0.5) is 11.5 Å². The molecule has 0 unspecified atom stereocenters. The summed E-state index contributed by atoms with van der Waals surface area (Å²) >= 11 is 1.78. The quantitative estimate of drug-likeness (QED) is 0.590. The van der Waals surface area contributed by atoms with E-state index in [9.17, 15) is 0 Å². The average molecular weight is 286 g/mol. The highest BCUT2D eigenvalue weighted by Crippen LogP contribution is 2.25. The standard InChI is InChI=1S/C12H22N4O2S/c1-9(2)18-12-10(13)11(15-8-16-12)14-4-7-19-6-3-5-17/h8-9,17H,3-7,13H2,1-2H3,(H,14,15,16). The average Bonchev–Trinajstić information content (AvgIpc) is 2.37. The number of nitrogens with zero attached hydrogens (tertiary/aromatic N) is 2. The zero-order valence-electron chi connectivity index (χ0n) is 11.4. The number of aromatic nitrogens is 2. The molecule has 0 aliphatic heterocycles. The number of hydrogen-bond acceptors (Lipinski definition) is 7. The van der Waals surface area contributed by atoms with Crippen molar-refractivity contribution in [2.75, 3.05) is 35.7 Å². The number of rotatable bonds is 9. The first kappa shape index (κ1) is 15.8. The van der Waals surface area contributed by atoms with Gasteiger partial charge in [-0.2, -0.15) is 16.7 Å². The van der Waals surface area contributed by atoms with Crippen molar-refractivity contribution >= 4 is 23.3 Å². The maximum Gasteiger partial charge on any atom is 0.242 e. The van der Waals surface area contributed by atoms with E-state index in [1.807, 2.05) is 13.8 Å². The van der Waals surface area contributed by atoms with Crippen LogP contribution in [0.1, 0.15) is 20.3 Å². The smallest absolute Gasteiger partial charge is 0.242 e. The summed E-state index contributed by atoms with van der Waals surface area (Å²) < 4.78 is 5.50. The summed E-state index contributed by atoms with van der Waals surface area (Å²) in [5.41, 5.74) is 6.38. The third kappa shape index (κ3) is 5.98. The Balaban J connectivity index is 2.41. The lowest BCUT2D eigenvalue weighted by molar-refractivity contribution is 0.234. The van der Waals surface area contributed by atoms with E-state index in [-0.39, 0.29) is 12.7 Å². The number of nitrogens with one attached hydrogen (secondary N) is 1. The van der Waals surface area contributed by atoms with Crippen molar-refractivity contribution in [2.45, 2.75) is 26.4 Å². The second-order valence-electron chi connectivity index (χ2n) is 4.22. The third-order valence-electron chi connectivity index (χ3n) is 2.18. The first-order chi connectivity index (χ1) is 9.15. The molecular weight excluding hydrogens is 264 g/mol. The molecule has 0 saturated heterocycles. The van der Waals surface area contributed by atoms with Crippen molar-refractivity contribution < 1.29 is 9.84 Å². The predicted octanol–water partition coefficient (Wildman–Crippen LogP) is 1.37. The Bertz CT molecular complexity index is 377. The van der Waals surface area contributed by atoms with Crippen LogP contribution in [0, 0.1) is 0 Å². The maximum absolute atomic E-state index is 8.66. The second kappa shape index (κ2) is 8.82. The van der Waals surface area contributed by atoms with Crippen LogP contribution >= 0.6 is 11.8 Å². The molecule has 19 heavy (non-hydrogen) atoms. The summed E-state index contributed by atoms with van der Waals surface area (Å²) in [6.45, 7) is 4.85. The van der Waals surface area contributed by atoms with Crippen molar-refractivity contribution in [3.63, 3.8) is 0 Å². The van der Waals surface area contributed by atoms with E-state index < -0.39 is 0 Å². The minimum absolute atomic E-state index is 0.0269. The van der Waals surface area contributed by atoms with Crippen molar-refractivity contribution in [1.82, 2.24) is 9.97 Å². The molecule has 0 atom stereocenters. The number of nitrogens with two attached hydrogens (primary N) is 1.